The highest BCUT2D eigenvalue weighted by Gasteiger charge is 2.39. The molecule has 0 aliphatic carbocycles. The lowest BCUT2D eigenvalue weighted by molar-refractivity contribution is -0.137. The summed E-state index contributed by atoms with van der Waals surface area (Å²) in [5.41, 5.74) is -5.48. The van der Waals surface area contributed by atoms with E-state index in [0.29, 0.717) is 23.3 Å². The molecule has 0 aliphatic rings. The van der Waals surface area contributed by atoms with Gasteiger partial charge in [0, 0.05) is 0 Å². The summed E-state index contributed by atoms with van der Waals surface area (Å²) >= 11 is 0. The molecule has 0 radical (unpaired) electrons. The molecular formula is C35H31F9. The zero-order chi connectivity index (χ0) is 33.0. The minimum Gasteiger partial charge on any atom is -0.166 e. The van der Waals surface area contributed by atoms with E-state index in [2.05, 4.69) is 0 Å². The number of halogens is 9. The van der Waals surface area contributed by atoms with Crippen LogP contribution >= 0.6 is 0 Å². The van der Waals surface area contributed by atoms with Crippen LogP contribution in [0.3, 0.4) is 0 Å². The maximum absolute atomic E-state index is 14.4. The first-order valence-electron chi connectivity index (χ1n) is 13.7. The Hall–Kier alpha value is -3.75. The largest absolute Gasteiger partial charge is 0.417 e. The Kier molecular flexibility index (Phi) is 8.29. The molecule has 0 bridgehead atoms. The third-order valence-electron chi connectivity index (χ3n) is 7.46. The Bertz CT molecular complexity index is 1560. The van der Waals surface area contributed by atoms with Crippen molar-refractivity contribution in [3.63, 3.8) is 0 Å². The lowest BCUT2D eigenvalue weighted by atomic mass is 9.76. The summed E-state index contributed by atoms with van der Waals surface area (Å²) in [4.78, 5) is 0. The van der Waals surface area contributed by atoms with E-state index in [9.17, 15) is 39.5 Å². The highest BCUT2D eigenvalue weighted by molar-refractivity contribution is 5.97. The lowest BCUT2D eigenvalue weighted by Crippen LogP contribution is -2.17. The third kappa shape index (κ3) is 6.81. The average Bonchev–Trinajstić information content (AvgIpc) is 2.89. The second-order valence-electron chi connectivity index (χ2n) is 12.8. The van der Waals surface area contributed by atoms with E-state index in [1.165, 1.54) is 12.1 Å². The monoisotopic (exact) mass is 622 g/mol. The first-order valence-corrected chi connectivity index (χ1v) is 13.7. The van der Waals surface area contributed by atoms with Crippen molar-refractivity contribution in [3.05, 3.63) is 107 Å². The van der Waals surface area contributed by atoms with Gasteiger partial charge < -0.3 is 0 Å². The smallest absolute Gasteiger partial charge is 0.166 e. The molecule has 9 heteroatoms. The Labute approximate surface area is 250 Å². The van der Waals surface area contributed by atoms with Gasteiger partial charge in [-0.1, -0.05) is 96.1 Å². The molecule has 44 heavy (non-hydrogen) atoms. The third-order valence-corrected chi connectivity index (χ3v) is 7.46. The zero-order valence-electron chi connectivity index (χ0n) is 24.9. The van der Waals surface area contributed by atoms with Crippen molar-refractivity contribution in [2.75, 3.05) is 0 Å². The molecule has 0 nitrogen and oxygen atoms in total. The second kappa shape index (κ2) is 11.0. The SMILES string of the molecule is CC(C)(C)c1cc(-c2c(-c3ccccc3C(F)(F)F)cc(C(F)(F)F)cc2-c2ccccc2C(F)(F)F)cc(C(C)(C)C)c1. The number of hydrogen-bond acceptors (Lipinski definition) is 0. The molecule has 0 heterocycles. The molecule has 0 saturated carbocycles. The summed E-state index contributed by atoms with van der Waals surface area (Å²) in [6, 6.07) is 14.7. The maximum atomic E-state index is 14.4. The summed E-state index contributed by atoms with van der Waals surface area (Å²) in [7, 11) is 0. The normalized spacial score (nSPS) is 13.3. The van der Waals surface area contributed by atoms with Crippen molar-refractivity contribution in [2.45, 2.75) is 70.9 Å². The summed E-state index contributed by atoms with van der Waals surface area (Å²) in [6.07, 6.45) is -15.0. The van der Waals surface area contributed by atoms with Gasteiger partial charge >= 0.3 is 18.5 Å². The minimum absolute atomic E-state index is 0.164. The van der Waals surface area contributed by atoms with Gasteiger partial charge in [-0.15, -0.1) is 0 Å². The van der Waals surface area contributed by atoms with Gasteiger partial charge in [-0.3, -0.25) is 0 Å². The number of benzene rings is 4. The fourth-order valence-corrected chi connectivity index (χ4v) is 5.11. The van der Waals surface area contributed by atoms with Crippen molar-refractivity contribution >= 4 is 0 Å². The summed E-state index contributed by atoms with van der Waals surface area (Å²) in [5, 5.41) is 0. The van der Waals surface area contributed by atoms with Gasteiger partial charge in [0.2, 0.25) is 0 Å². The van der Waals surface area contributed by atoms with Crippen LogP contribution in [0.5, 0.6) is 0 Å². The highest BCUT2D eigenvalue weighted by atomic mass is 19.4. The second-order valence-corrected chi connectivity index (χ2v) is 12.8. The molecule has 234 valence electrons. The molecule has 4 aromatic carbocycles. The van der Waals surface area contributed by atoms with Crippen LogP contribution in [-0.2, 0) is 29.4 Å². The number of rotatable bonds is 3. The number of alkyl halides is 9. The zero-order valence-corrected chi connectivity index (χ0v) is 24.9. The summed E-state index contributed by atoms with van der Waals surface area (Å²) in [6.45, 7) is 11.4. The quantitative estimate of drug-likeness (QED) is 0.200. The molecule has 0 N–H and O–H groups in total. The molecule has 4 aromatic rings. The molecule has 0 saturated heterocycles. The van der Waals surface area contributed by atoms with Crippen molar-refractivity contribution in [1.29, 1.82) is 0 Å². The standard InChI is InChI=1S/C35H31F9/c1-31(2,3)21-15-20(16-22(17-21)32(4,5)6)30-26(24-11-7-9-13-28(24)34(39,40)41)18-23(33(36,37)38)19-27(30)25-12-8-10-14-29(25)35(42,43)44/h7-19H,1-6H3. The highest BCUT2D eigenvalue weighted by Crippen LogP contribution is 2.50. The first-order chi connectivity index (χ1) is 20.0. The molecule has 4 rings (SSSR count). The molecule has 0 amide bonds. The fraction of sp³-hybridized carbons (Fsp3) is 0.314. The Balaban J connectivity index is 2.34. The van der Waals surface area contributed by atoms with Crippen LogP contribution in [0, 0.1) is 0 Å². The average molecular weight is 623 g/mol. The maximum Gasteiger partial charge on any atom is 0.417 e. The topological polar surface area (TPSA) is 0 Å². The van der Waals surface area contributed by atoms with Crippen molar-refractivity contribution in [1.82, 2.24) is 0 Å². The van der Waals surface area contributed by atoms with E-state index in [1.54, 1.807) is 12.1 Å². The van der Waals surface area contributed by atoms with Crippen molar-refractivity contribution in [2.24, 2.45) is 0 Å². The molecule has 0 unspecified atom stereocenters. The van der Waals surface area contributed by atoms with Gasteiger partial charge in [0.1, 0.15) is 0 Å². The van der Waals surface area contributed by atoms with Crippen molar-refractivity contribution < 1.29 is 39.5 Å². The fourth-order valence-electron chi connectivity index (χ4n) is 5.11. The molecular weight excluding hydrogens is 591 g/mol. The van der Waals surface area contributed by atoms with E-state index in [4.69, 9.17) is 0 Å². The van der Waals surface area contributed by atoms with Crippen LogP contribution in [0.2, 0.25) is 0 Å². The first kappa shape index (κ1) is 33.1. The van der Waals surface area contributed by atoms with E-state index < -0.39 is 68.3 Å². The minimum atomic E-state index is -5.08. The predicted molar refractivity (Wildman–Crippen MR) is 155 cm³/mol. The van der Waals surface area contributed by atoms with Crippen LogP contribution in [0.25, 0.3) is 33.4 Å². The van der Waals surface area contributed by atoms with Gasteiger partial charge in [-0.2, -0.15) is 39.5 Å². The van der Waals surface area contributed by atoms with Gasteiger partial charge in [0.15, 0.2) is 0 Å². The Morgan fingerprint density at radius 1 is 0.386 bits per heavy atom. The Morgan fingerprint density at radius 3 is 1.07 bits per heavy atom. The van der Waals surface area contributed by atoms with Gasteiger partial charge in [-0.05, 0) is 79.6 Å². The van der Waals surface area contributed by atoms with E-state index in [0.717, 1.165) is 36.4 Å². The van der Waals surface area contributed by atoms with Crippen LogP contribution in [-0.4, -0.2) is 0 Å². The van der Waals surface area contributed by atoms with E-state index in [-0.39, 0.29) is 11.1 Å². The van der Waals surface area contributed by atoms with Crippen LogP contribution < -0.4 is 0 Å². The number of hydrogen-bond donors (Lipinski definition) is 0. The summed E-state index contributed by atoms with van der Waals surface area (Å²) < 4.78 is 129. The molecule has 0 fully saturated rings. The van der Waals surface area contributed by atoms with Gasteiger partial charge in [-0.25, -0.2) is 0 Å². The Morgan fingerprint density at radius 2 is 0.750 bits per heavy atom. The van der Waals surface area contributed by atoms with E-state index in [1.807, 2.05) is 47.6 Å². The molecule has 0 atom stereocenters. The van der Waals surface area contributed by atoms with Crippen LogP contribution in [0.15, 0.2) is 78.9 Å². The van der Waals surface area contributed by atoms with Gasteiger partial charge in [0.05, 0.1) is 16.7 Å². The summed E-state index contributed by atoms with van der Waals surface area (Å²) in [5.74, 6) is 0. The lowest BCUT2D eigenvalue weighted by Gasteiger charge is -2.28. The molecule has 0 spiro atoms. The van der Waals surface area contributed by atoms with Crippen LogP contribution in [0.4, 0.5) is 39.5 Å². The molecule has 0 aromatic heterocycles. The van der Waals surface area contributed by atoms with Crippen LogP contribution in [0.1, 0.15) is 69.4 Å². The van der Waals surface area contributed by atoms with Crippen molar-refractivity contribution in [3.8, 4) is 33.4 Å². The molecule has 0 aliphatic heterocycles. The van der Waals surface area contributed by atoms with E-state index >= 15 is 0 Å². The van der Waals surface area contributed by atoms with Gasteiger partial charge in [0.25, 0.3) is 0 Å². The predicted octanol–water partition coefficient (Wildman–Crippen LogP) is 12.3.